The zero-order valence-electron chi connectivity index (χ0n) is 12.7. The number of nitrogens with one attached hydrogen (secondary N) is 2. The Hall–Kier alpha value is -1.95. The van der Waals surface area contributed by atoms with Gasteiger partial charge < -0.3 is 20.1 Å². The van der Waals surface area contributed by atoms with Gasteiger partial charge in [0.2, 0.25) is 5.91 Å². The van der Waals surface area contributed by atoms with Gasteiger partial charge >= 0.3 is 0 Å². The Balaban J connectivity index is 1.78. The predicted molar refractivity (Wildman–Crippen MR) is 85.2 cm³/mol. The third-order valence-corrected chi connectivity index (χ3v) is 4.19. The molecule has 0 aliphatic carbocycles. The van der Waals surface area contributed by atoms with Crippen LogP contribution in [0.15, 0.2) is 12.1 Å². The van der Waals surface area contributed by atoms with Crippen LogP contribution < -0.4 is 20.1 Å². The molecule has 1 aromatic carbocycles. The normalized spacial score (nSPS) is 20.9. The zero-order chi connectivity index (χ0) is 16.2. The standard InChI is InChI=1S/C16H19ClN2O4/c17-11-8-10(9-13-14(11)23-7-3-6-22-13)15(20)19-12-4-1-2-5-18-16(12)21/h8-9,12H,1-7H2,(H,18,21)(H,19,20)/t12-/m0/s1. The average Bonchev–Trinajstić information content (AvgIpc) is 2.88. The van der Waals surface area contributed by atoms with Gasteiger partial charge in [0, 0.05) is 18.5 Å². The van der Waals surface area contributed by atoms with Crippen molar-refractivity contribution >= 4 is 23.4 Å². The Labute approximate surface area is 139 Å². The highest BCUT2D eigenvalue weighted by Gasteiger charge is 2.24. The molecule has 0 bridgehead atoms. The Morgan fingerprint density at radius 2 is 2.04 bits per heavy atom. The van der Waals surface area contributed by atoms with Gasteiger partial charge in [-0.1, -0.05) is 11.6 Å². The number of carbonyl (C=O) groups excluding carboxylic acids is 2. The molecule has 1 aromatic rings. The summed E-state index contributed by atoms with van der Waals surface area (Å²) in [5.41, 5.74) is 0.358. The van der Waals surface area contributed by atoms with Crippen molar-refractivity contribution in [1.29, 1.82) is 0 Å². The van der Waals surface area contributed by atoms with E-state index in [1.54, 1.807) is 12.1 Å². The van der Waals surface area contributed by atoms with Crippen molar-refractivity contribution < 1.29 is 19.1 Å². The first kappa shape index (κ1) is 15.9. The fraction of sp³-hybridized carbons (Fsp3) is 0.500. The summed E-state index contributed by atoms with van der Waals surface area (Å²) >= 11 is 6.20. The molecular formula is C16H19ClN2O4. The number of amides is 2. The van der Waals surface area contributed by atoms with Crippen LogP contribution >= 0.6 is 11.6 Å². The van der Waals surface area contributed by atoms with Crippen molar-refractivity contribution in [1.82, 2.24) is 10.6 Å². The molecule has 0 unspecified atom stereocenters. The van der Waals surface area contributed by atoms with E-state index in [-0.39, 0.29) is 11.8 Å². The van der Waals surface area contributed by atoms with Crippen LogP contribution in [0.3, 0.4) is 0 Å². The van der Waals surface area contributed by atoms with Crippen LogP contribution in [0.2, 0.25) is 5.02 Å². The molecule has 2 amide bonds. The second kappa shape index (κ2) is 7.08. The molecule has 2 heterocycles. The molecule has 1 fully saturated rings. The Bertz CT molecular complexity index is 620. The Morgan fingerprint density at radius 1 is 1.22 bits per heavy atom. The topological polar surface area (TPSA) is 76.7 Å². The lowest BCUT2D eigenvalue weighted by Gasteiger charge is -2.16. The molecule has 0 spiro atoms. The largest absolute Gasteiger partial charge is 0.489 e. The Kier molecular flexibility index (Phi) is 4.91. The number of carbonyl (C=O) groups is 2. The minimum Gasteiger partial charge on any atom is -0.489 e. The molecule has 3 rings (SSSR count). The fourth-order valence-corrected chi connectivity index (χ4v) is 2.95. The molecule has 1 saturated heterocycles. The van der Waals surface area contributed by atoms with Crippen LogP contribution in [0.5, 0.6) is 11.5 Å². The second-order valence-electron chi connectivity index (χ2n) is 5.65. The summed E-state index contributed by atoms with van der Waals surface area (Å²) in [6.45, 7) is 1.70. The number of fused-ring (bicyclic) bond motifs is 1. The fourth-order valence-electron chi connectivity index (χ4n) is 2.68. The number of rotatable bonds is 2. The van der Waals surface area contributed by atoms with E-state index in [0.29, 0.717) is 48.3 Å². The van der Waals surface area contributed by atoms with Gasteiger partial charge in [0.1, 0.15) is 6.04 Å². The van der Waals surface area contributed by atoms with E-state index in [9.17, 15) is 9.59 Å². The lowest BCUT2D eigenvalue weighted by Crippen LogP contribution is -2.45. The third kappa shape index (κ3) is 3.69. The summed E-state index contributed by atoms with van der Waals surface area (Å²) in [6.07, 6.45) is 3.21. The van der Waals surface area contributed by atoms with Crippen LogP contribution in [0.1, 0.15) is 36.0 Å². The summed E-state index contributed by atoms with van der Waals surface area (Å²) in [6, 6.07) is 2.63. The number of hydrogen-bond acceptors (Lipinski definition) is 4. The van der Waals surface area contributed by atoms with Crippen molar-refractivity contribution in [3.63, 3.8) is 0 Å². The molecule has 2 N–H and O–H groups in total. The van der Waals surface area contributed by atoms with Gasteiger partial charge in [-0.2, -0.15) is 0 Å². The molecule has 1 atom stereocenters. The molecule has 0 radical (unpaired) electrons. The molecule has 2 aliphatic rings. The summed E-state index contributed by atoms with van der Waals surface area (Å²) in [5, 5.41) is 5.90. The molecule has 7 heteroatoms. The van der Waals surface area contributed by atoms with Crippen molar-refractivity contribution in [3.05, 3.63) is 22.7 Å². The lowest BCUT2D eigenvalue weighted by atomic mass is 10.1. The van der Waals surface area contributed by atoms with E-state index < -0.39 is 6.04 Å². The monoisotopic (exact) mass is 338 g/mol. The third-order valence-electron chi connectivity index (χ3n) is 3.90. The van der Waals surface area contributed by atoms with E-state index in [4.69, 9.17) is 21.1 Å². The highest BCUT2D eigenvalue weighted by Crippen LogP contribution is 2.38. The van der Waals surface area contributed by atoms with Crippen LogP contribution in [0, 0.1) is 0 Å². The molecule has 0 aromatic heterocycles. The molecule has 6 nitrogen and oxygen atoms in total. The SMILES string of the molecule is O=C(N[C@H]1CCCCNC1=O)c1cc(Cl)c2c(c1)OCCCO2. The minimum atomic E-state index is -0.514. The van der Waals surface area contributed by atoms with Crippen LogP contribution in [0.25, 0.3) is 0 Å². The van der Waals surface area contributed by atoms with Crippen molar-refractivity contribution in [2.24, 2.45) is 0 Å². The van der Waals surface area contributed by atoms with Crippen molar-refractivity contribution in [3.8, 4) is 11.5 Å². The van der Waals surface area contributed by atoms with Gasteiger partial charge in [0.15, 0.2) is 11.5 Å². The molecular weight excluding hydrogens is 320 g/mol. The van der Waals surface area contributed by atoms with E-state index >= 15 is 0 Å². The average molecular weight is 339 g/mol. The van der Waals surface area contributed by atoms with E-state index in [0.717, 1.165) is 19.3 Å². The van der Waals surface area contributed by atoms with E-state index in [1.807, 2.05) is 0 Å². The summed E-state index contributed by atoms with van der Waals surface area (Å²) in [4.78, 5) is 24.4. The van der Waals surface area contributed by atoms with Gasteiger partial charge in [-0.05, 0) is 31.4 Å². The Morgan fingerprint density at radius 3 is 2.91 bits per heavy atom. The van der Waals surface area contributed by atoms with E-state index in [1.165, 1.54) is 0 Å². The maximum atomic E-state index is 12.4. The quantitative estimate of drug-likeness (QED) is 0.863. The van der Waals surface area contributed by atoms with Gasteiger partial charge in [-0.3, -0.25) is 9.59 Å². The van der Waals surface area contributed by atoms with Gasteiger partial charge in [-0.15, -0.1) is 0 Å². The molecule has 0 saturated carbocycles. The first-order valence-electron chi connectivity index (χ1n) is 7.83. The van der Waals surface area contributed by atoms with E-state index in [2.05, 4.69) is 10.6 Å². The van der Waals surface area contributed by atoms with Crippen LogP contribution in [0.4, 0.5) is 0 Å². The number of benzene rings is 1. The summed E-state index contributed by atoms with van der Waals surface area (Å²) in [7, 11) is 0. The number of halogens is 1. The molecule has 124 valence electrons. The second-order valence-corrected chi connectivity index (χ2v) is 6.06. The predicted octanol–water partition coefficient (Wildman–Crippen LogP) is 1.90. The first-order chi connectivity index (χ1) is 11.1. The van der Waals surface area contributed by atoms with Crippen molar-refractivity contribution in [2.45, 2.75) is 31.7 Å². The molecule has 2 aliphatic heterocycles. The lowest BCUT2D eigenvalue weighted by molar-refractivity contribution is -0.122. The number of ether oxygens (including phenoxy) is 2. The van der Waals surface area contributed by atoms with Gasteiger partial charge in [-0.25, -0.2) is 0 Å². The molecule has 23 heavy (non-hydrogen) atoms. The zero-order valence-corrected chi connectivity index (χ0v) is 13.4. The number of hydrogen-bond donors (Lipinski definition) is 2. The van der Waals surface area contributed by atoms with Crippen molar-refractivity contribution in [2.75, 3.05) is 19.8 Å². The highest BCUT2D eigenvalue weighted by molar-refractivity contribution is 6.32. The van der Waals surface area contributed by atoms with Gasteiger partial charge in [0.05, 0.1) is 18.2 Å². The maximum absolute atomic E-state index is 12.4. The highest BCUT2D eigenvalue weighted by atomic mass is 35.5. The van der Waals surface area contributed by atoms with Crippen LogP contribution in [-0.4, -0.2) is 37.6 Å². The smallest absolute Gasteiger partial charge is 0.252 e. The van der Waals surface area contributed by atoms with Gasteiger partial charge in [0.25, 0.3) is 5.91 Å². The maximum Gasteiger partial charge on any atom is 0.252 e. The van der Waals surface area contributed by atoms with Crippen LogP contribution in [-0.2, 0) is 4.79 Å². The minimum absolute atomic E-state index is 0.142. The summed E-state index contributed by atoms with van der Waals surface area (Å²) < 4.78 is 11.1. The summed E-state index contributed by atoms with van der Waals surface area (Å²) in [5.74, 6) is 0.444. The first-order valence-corrected chi connectivity index (χ1v) is 8.20.